The Morgan fingerprint density at radius 2 is 1.68 bits per heavy atom. The van der Waals surface area contributed by atoms with Crippen molar-refractivity contribution in [1.82, 2.24) is 16.1 Å². The zero-order valence-corrected chi connectivity index (χ0v) is 19.4. The Bertz CT molecular complexity index is 580. The predicted octanol–water partition coefficient (Wildman–Crippen LogP) is 1.67. The summed E-state index contributed by atoms with van der Waals surface area (Å²) in [5.41, 5.74) is 2.67. The highest BCUT2D eigenvalue weighted by molar-refractivity contribution is 5.92. The first-order valence-electron chi connectivity index (χ1n) is 10.6. The molecule has 1 unspecified atom stereocenters. The summed E-state index contributed by atoms with van der Waals surface area (Å²) in [6.45, 7) is 10.4. The second kappa shape index (κ2) is 15.1. The molecule has 0 aromatic heterocycles. The van der Waals surface area contributed by atoms with Gasteiger partial charge < -0.3 is 25.9 Å². The molecule has 1 atom stereocenters. The van der Waals surface area contributed by atoms with E-state index >= 15 is 0 Å². The van der Waals surface area contributed by atoms with E-state index in [1.807, 2.05) is 27.7 Å². The van der Waals surface area contributed by atoms with E-state index in [2.05, 4.69) is 26.4 Å². The van der Waals surface area contributed by atoms with Gasteiger partial charge in [-0.2, -0.15) is 5.48 Å². The molecule has 0 radical (unpaired) electrons. The standard InChI is InChI=1S/C20H41N5O6/c1-15(23-29)19(2,3)25-31-14-13-22-20(4,5)16(24-30)11-12-21-17(26)9-7-6-8-10-18(27)28/h17,21-22,25-26,29-30H,6-14H2,1-5H3,(H,27,28)/b23-15+,24-16+. The summed E-state index contributed by atoms with van der Waals surface area (Å²) in [7, 11) is 0. The Labute approximate surface area is 184 Å². The molecule has 0 aromatic rings. The Balaban J connectivity index is 4.16. The van der Waals surface area contributed by atoms with Crippen LogP contribution in [0.3, 0.4) is 0 Å². The van der Waals surface area contributed by atoms with E-state index < -0.39 is 23.3 Å². The van der Waals surface area contributed by atoms with Crippen molar-refractivity contribution in [3.8, 4) is 0 Å². The van der Waals surface area contributed by atoms with Crippen LogP contribution in [0, 0.1) is 0 Å². The quantitative estimate of drug-likeness (QED) is 0.0543. The number of aliphatic hydroxyl groups is 1. The molecule has 11 heteroatoms. The maximum absolute atomic E-state index is 10.5. The third-order valence-electron chi connectivity index (χ3n) is 5.11. The van der Waals surface area contributed by atoms with E-state index in [-0.39, 0.29) is 6.42 Å². The smallest absolute Gasteiger partial charge is 0.303 e. The highest BCUT2D eigenvalue weighted by Gasteiger charge is 2.25. The third kappa shape index (κ3) is 13.3. The first-order chi connectivity index (χ1) is 14.5. The number of hydrogen-bond acceptors (Lipinski definition) is 10. The Hall–Kier alpha value is -1.79. The van der Waals surface area contributed by atoms with Gasteiger partial charge in [0.05, 0.1) is 29.1 Å². The van der Waals surface area contributed by atoms with Crippen molar-refractivity contribution in [2.45, 2.75) is 90.4 Å². The van der Waals surface area contributed by atoms with Crippen molar-refractivity contribution in [1.29, 1.82) is 0 Å². The fraction of sp³-hybridized carbons (Fsp3) is 0.850. The number of unbranched alkanes of at least 4 members (excludes halogenated alkanes) is 2. The molecule has 31 heavy (non-hydrogen) atoms. The van der Waals surface area contributed by atoms with E-state index in [1.54, 1.807) is 6.92 Å². The molecule has 0 aliphatic heterocycles. The molecule has 0 spiro atoms. The van der Waals surface area contributed by atoms with Crippen LogP contribution in [0.2, 0.25) is 0 Å². The Morgan fingerprint density at radius 1 is 1.00 bits per heavy atom. The summed E-state index contributed by atoms with van der Waals surface area (Å²) < 4.78 is 0. The van der Waals surface area contributed by atoms with Gasteiger partial charge in [0.1, 0.15) is 6.23 Å². The van der Waals surface area contributed by atoms with E-state index in [1.165, 1.54) is 0 Å². The normalized spacial score (nSPS) is 14.6. The van der Waals surface area contributed by atoms with Crippen molar-refractivity contribution in [2.24, 2.45) is 10.3 Å². The van der Waals surface area contributed by atoms with Crippen molar-refractivity contribution >= 4 is 17.4 Å². The van der Waals surface area contributed by atoms with Crippen LogP contribution in [0.5, 0.6) is 0 Å². The number of carboxylic acid groups (broad SMARTS) is 1. The summed E-state index contributed by atoms with van der Waals surface area (Å²) in [5, 5.41) is 49.7. The molecule has 0 saturated carbocycles. The molecule has 0 aromatic carbocycles. The van der Waals surface area contributed by atoms with Crippen LogP contribution >= 0.6 is 0 Å². The van der Waals surface area contributed by atoms with Gasteiger partial charge in [-0.1, -0.05) is 16.7 Å². The van der Waals surface area contributed by atoms with E-state index in [0.717, 1.165) is 12.8 Å². The number of carboxylic acids is 1. The molecular formula is C20H41N5O6. The number of aliphatic carboxylic acids is 1. The average Bonchev–Trinajstić information content (AvgIpc) is 2.69. The molecule has 0 amide bonds. The lowest BCUT2D eigenvalue weighted by atomic mass is 9.95. The topological polar surface area (TPSA) is 168 Å². The lowest BCUT2D eigenvalue weighted by Crippen LogP contribution is -2.50. The second-order valence-electron chi connectivity index (χ2n) is 8.57. The molecule has 0 bridgehead atoms. The van der Waals surface area contributed by atoms with Gasteiger partial charge in [0.2, 0.25) is 0 Å². The number of carbonyl (C=O) groups is 1. The zero-order chi connectivity index (χ0) is 23.9. The third-order valence-corrected chi connectivity index (χ3v) is 5.11. The monoisotopic (exact) mass is 447 g/mol. The summed E-state index contributed by atoms with van der Waals surface area (Å²) >= 11 is 0. The summed E-state index contributed by atoms with van der Waals surface area (Å²) in [5.74, 6) is -0.802. The summed E-state index contributed by atoms with van der Waals surface area (Å²) in [4.78, 5) is 15.9. The zero-order valence-electron chi connectivity index (χ0n) is 19.4. The lowest BCUT2D eigenvalue weighted by molar-refractivity contribution is -0.137. The lowest BCUT2D eigenvalue weighted by Gasteiger charge is -2.29. The first kappa shape index (κ1) is 29.2. The van der Waals surface area contributed by atoms with Crippen molar-refractivity contribution in [2.75, 3.05) is 19.7 Å². The average molecular weight is 448 g/mol. The SMILES string of the molecule is C/C(=N\O)C(C)(C)NOCCNC(C)(C)/C(CCNC(O)CCCCCC(=O)O)=N/O. The minimum absolute atomic E-state index is 0.150. The number of aliphatic hydroxyl groups excluding tert-OH is 1. The van der Waals surface area contributed by atoms with Gasteiger partial charge in [0.15, 0.2) is 0 Å². The van der Waals surface area contributed by atoms with Crippen molar-refractivity contribution in [3.63, 3.8) is 0 Å². The van der Waals surface area contributed by atoms with Gasteiger partial charge in [0, 0.05) is 25.9 Å². The highest BCUT2D eigenvalue weighted by atomic mass is 16.6. The van der Waals surface area contributed by atoms with Gasteiger partial charge >= 0.3 is 5.97 Å². The van der Waals surface area contributed by atoms with E-state index in [0.29, 0.717) is 50.4 Å². The van der Waals surface area contributed by atoms with Crippen molar-refractivity contribution in [3.05, 3.63) is 0 Å². The number of nitrogens with one attached hydrogen (secondary N) is 3. The number of hydrogen-bond donors (Lipinski definition) is 7. The van der Waals surface area contributed by atoms with Crippen LogP contribution in [-0.2, 0) is 9.63 Å². The molecule has 11 nitrogen and oxygen atoms in total. The molecule has 0 aliphatic carbocycles. The fourth-order valence-electron chi connectivity index (χ4n) is 2.68. The van der Waals surface area contributed by atoms with Crippen LogP contribution in [0.15, 0.2) is 10.3 Å². The maximum atomic E-state index is 10.5. The first-order valence-corrected chi connectivity index (χ1v) is 10.6. The fourth-order valence-corrected chi connectivity index (χ4v) is 2.68. The Kier molecular flexibility index (Phi) is 14.2. The van der Waals surface area contributed by atoms with E-state index in [4.69, 9.17) is 15.2 Å². The van der Waals surface area contributed by atoms with Gasteiger partial charge in [0.25, 0.3) is 0 Å². The number of rotatable bonds is 18. The largest absolute Gasteiger partial charge is 0.481 e. The summed E-state index contributed by atoms with van der Waals surface area (Å²) in [6.07, 6.45) is 2.54. The minimum Gasteiger partial charge on any atom is -0.481 e. The van der Waals surface area contributed by atoms with Gasteiger partial charge in [-0.25, -0.2) is 0 Å². The molecule has 182 valence electrons. The predicted molar refractivity (Wildman–Crippen MR) is 119 cm³/mol. The van der Waals surface area contributed by atoms with Crippen molar-refractivity contribution < 1.29 is 30.3 Å². The molecule has 0 saturated heterocycles. The second-order valence-corrected chi connectivity index (χ2v) is 8.57. The van der Waals surface area contributed by atoms with Crippen LogP contribution < -0.4 is 16.1 Å². The number of oxime groups is 2. The van der Waals surface area contributed by atoms with Gasteiger partial charge in [-0.3, -0.25) is 14.9 Å². The van der Waals surface area contributed by atoms with Gasteiger partial charge in [-0.05, 0) is 53.9 Å². The number of hydroxylamine groups is 1. The molecule has 0 aliphatic rings. The van der Waals surface area contributed by atoms with Crippen LogP contribution in [0.1, 0.15) is 73.1 Å². The summed E-state index contributed by atoms with van der Waals surface area (Å²) in [6, 6.07) is 0. The Morgan fingerprint density at radius 3 is 2.26 bits per heavy atom. The molecule has 0 fully saturated rings. The molecule has 0 heterocycles. The molecule has 0 rings (SSSR count). The highest BCUT2D eigenvalue weighted by Crippen LogP contribution is 2.10. The van der Waals surface area contributed by atoms with E-state index in [9.17, 15) is 15.1 Å². The maximum Gasteiger partial charge on any atom is 0.303 e. The van der Waals surface area contributed by atoms with Gasteiger partial charge in [-0.15, -0.1) is 0 Å². The molecular weight excluding hydrogens is 406 g/mol. The molecule has 7 N–H and O–H groups in total. The van der Waals surface area contributed by atoms with Crippen LogP contribution in [-0.4, -0.2) is 75.0 Å². The van der Waals surface area contributed by atoms with Crippen LogP contribution in [0.4, 0.5) is 0 Å². The number of nitrogens with zero attached hydrogens (tertiary/aromatic N) is 2. The minimum atomic E-state index is -0.802. The van der Waals surface area contributed by atoms with Crippen LogP contribution in [0.25, 0.3) is 0 Å².